The van der Waals surface area contributed by atoms with E-state index in [0.29, 0.717) is 19.6 Å². The highest BCUT2D eigenvalue weighted by molar-refractivity contribution is 7.13. The number of piperazine rings is 1. The molecule has 0 atom stereocenters. The van der Waals surface area contributed by atoms with Gasteiger partial charge in [0.05, 0.1) is 6.10 Å². The van der Waals surface area contributed by atoms with Gasteiger partial charge in [0, 0.05) is 44.3 Å². The van der Waals surface area contributed by atoms with Crippen LogP contribution in [0, 0.1) is 0 Å². The largest absolute Gasteiger partial charge is 0.491 e. The molecule has 7 heteroatoms. The fourth-order valence-electron chi connectivity index (χ4n) is 2.72. The minimum absolute atomic E-state index is 0.0127. The Morgan fingerprint density at radius 3 is 2.56 bits per heavy atom. The zero-order valence-electron chi connectivity index (χ0n) is 14.6. The SMILES string of the molecule is CC(C)Oc1ccc(CNC(=O)N2CCN(c3nccs3)CC2)cc1. The zero-order valence-corrected chi connectivity index (χ0v) is 15.5. The lowest BCUT2D eigenvalue weighted by Gasteiger charge is -2.34. The fraction of sp³-hybridized carbons (Fsp3) is 0.444. The number of benzene rings is 1. The smallest absolute Gasteiger partial charge is 0.317 e. The van der Waals surface area contributed by atoms with Crippen molar-refractivity contribution >= 4 is 22.5 Å². The summed E-state index contributed by atoms with van der Waals surface area (Å²) < 4.78 is 5.63. The van der Waals surface area contributed by atoms with Crippen LogP contribution >= 0.6 is 11.3 Å². The van der Waals surface area contributed by atoms with Gasteiger partial charge in [0.1, 0.15) is 5.75 Å². The van der Waals surface area contributed by atoms with E-state index in [1.165, 1.54) is 0 Å². The van der Waals surface area contributed by atoms with Crippen LogP contribution in [0.2, 0.25) is 0 Å². The Balaban J connectivity index is 1.44. The lowest BCUT2D eigenvalue weighted by atomic mass is 10.2. The van der Waals surface area contributed by atoms with Gasteiger partial charge in [-0.05, 0) is 31.5 Å². The van der Waals surface area contributed by atoms with Crippen LogP contribution in [0.1, 0.15) is 19.4 Å². The Morgan fingerprint density at radius 1 is 1.24 bits per heavy atom. The highest BCUT2D eigenvalue weighted by Crippen LogP contribution is 2.19. The Bertz CT molecular complexity index is 665. The van der Waals surface area contributed by atoms with Crippen LogP contribution in [0.4, 0.5) is 9.93 Å². The van der Waals surface area contributed by atoms with Crippen molar-refractivity contribution in [2.45, 2.75) is 26.5 Å². The van der Waals surface area contributed by atoms with Gasteiger partial charge in [0.15, 0.2) is 5.13 Å². The summed E-state index contributed by atoms with van der Waals surface area (Å²) in [5.41, 5.74) is 1.06. The van der Waals surface area contributed by atoms with Gasteiger partial charge in [0.25, 0.3) is 0 Å². The molecule has 0 radical (unpaired) electrons. The molecule has 3 rings (SSSR count). The first kappa shape index (κ1) is 17.5. The van der Waals surface area contributed by atoms with Gasteiger partial charge in [-0.15, -0.1) is 11.3 Å². The number of aromatic nitrogens is 1. The van der Waals surface area contributed by atoms with Crippen molar-refractivity contribution < 1.29 is 9.53 Å². The quantitative estimate of drug-likeness (QED) is 0.891. The van der Waals surface area contributed by atoms with Crippen LogP contribution in [-0.4, -0.2) is 48.2 Å². The second-order valence-electron chi connectivity index (χ2n) is 6.26. The molecule has 2 aromatic rings. The van der Waals surface area contributed by atoms with Crippen molar-refractivity contribution in [3.8, 4) is 5.75 Å². The number of amides is 2. The van der Waals surface area contributed by atoms with E-state index >= 15 is 0 Å². The Hall–Kier alpha value is -2.28. The van der Waals surface area contributed by atoms with Crippen molar-refractivity contribution in [1.82, 2.24) is 15.2 Å². The molecule has 0 unspecified atom stereocenters. The highest BCUT2D eigenvalue weighted by Gasteiger charge is 2.22. The summed E-state index contributed by atoms with van der Waals surface area (Å²) in [5.74, 6) is 0.850. The normalized spacial score (nSPS) is 14.7. The lowest BCUT2D eigenvalue weighted by Crippen LogP contribution is -2.51. The molecule has 25 heavy (non-hydrogen) atoms. The number of ether oxygens (including phenoxy) is 1. The Kier molecular flexibility index (Phi) is 5.75. The number of nitrogens with one attached hydrogen (secondary N) is 1. The minimum atomic E-state index is -0.0127. The first-order valence-electron chi connectivity index (χ1n) is 8.54. The molecular weight excluding hydrogens is 336 g/mol. The average Bonchev–Trinajstić information content (AvgIpc) is 3.15. The number of hydrogen-bond acceptors (Lipinski definition) is 5. The Morgan fingerprint density at radius 2 is 1.96 bits per heavy atom. The monoisotopic (exact) mass is 360 g/mol. The van der Waals surface area contributed by atoms with E-state index in [1.807, 2.05) is 54.6 Å². The van der Waals surface area contributed by atoms with Gasteiger partial charge in [-0.1, -0.05) is 12.1 Å². The third-order valence-corrected chi connectivity index (χ3v) is 4.83. The highest BCUT2D eigenvalue weighted by atomic mass is 32.1. The molecule has 0 saturated carbocycles. The summed E-state index contributed by atoms with van der Waals surface area (Å²) in [5, 5.41) is 6.00. The second kappa shape index (κ2) is 8.20. The molecule has 1 aliphatic rings. The van der Waals surface area contributed by atoms with Crippen LogP contribution in [-0.2, 0) is 6.54 Å². The van der Waals surface area contributed by atoms with Gasteiger partial charge >= 0.3 is 6.03 Å². The van der Waals surface area contributed by atoms with Crippen LogP contribution < -0.4 is 15.0 Å². The number of nitrogens with zero attached hydrogens (tertiary/aromatic N) is 3. The number of rotatable bonds is 5. The van der Waals surface area contributed by atoms with E-state index in [2.05, 4.69) is 15.2 Å². The minimum Gasteiger partial charge on any atom is -0.491 e. The lowest BCUT2D eigenvalue weighted by molar-refractivity contribution is 0.194. The second-order valence-corrected chi connectivity index (χ2v) is 7.13. The number of carbonyl (C=O) groups excluding carboxylic acids is 1. The molecule has 1 aliphatic heterocycles. The van der Waals surface area contributed by atoms with E-state index in [-0.39, 0.29) is 12.1 Å². The number of urea groups is 1. The number of anilines is 1. The molecule has 2 amide bonds. The molecule has 0 spiro atoms. The summed E-state index contributed by atoms with van der Waals surface area (Å²) >= 11 is 1.64. The third-order valence-electron chi connectivity index (χ3n) is 4.00. The molecule has 1 aromatic carbocycles. The van der Waals surface area contributed by atoms with Crippen molar-refractivity contribution in [1.29, 1.82) is 0 Å². The molecule has 1 fully saturated rings. The number of thiazole rings is 1. The summed E-state index contributed by atoms with van der Waals surface area (Å²) in [7, 11) is 0. The van der Waals surface area contributed by atoms with E-state index < -0.39 is 0 Å². The van der Waals surface area contributed by atoms with Crippen LogP contribution in [0.25, 0.3) is 0 Å². The predicted octanol–water partition coefficient (Wildman–Crippen LogP) is 2.96. The van der Waals surface area contributed by atoms with Gasteiger partial charge in [-0.2, -0.15) is 0 Å². The van der Waals surface area contributed by atoms with Crippen LogP contribution in [0.3, 0.4) is 0 Å². The number of hydrogen-bond donors (Lipinski definition) is 1. The molecule has 1 aromatic heterocycles. The first-order valence-corrected chi connectivity index (χ1v) is 9.42. The van der Waals surface area contributed by atoms with Gasteiger partial charge in [-0.25, -0.2) is 9.78 Å². The third kappa shape index (κ3) is 4.85. The predicted molar refractivity (Wildman–Crippen MR) is 100 cm³/mol. The molecule has 2 heterocycles. The van der Waals surface area contributed by atoms with Crippen LogP contribution in [0.5, 0.6) is 5.75 Å². The van der Waals surface area contributed by atoms with Gasteiger partial charge < -0.3 is 19.9 Å². The zero-order chi connectivity index (χ0) is 17.6. The van der Waals surface area contributed by atoms with Crippen LogP contribution in [0.15, 0.2) is 35.8 Å². The van der Waals surface area contributed by atoms with Gasteiger partial charge in [-0.3, -0.25) is 0 Å². The van der Waals surface area contributed by atoms with Crippen molar-refractivity contribution in [3.63, 3.8) is 0 Å². The van der Waals surface area contributed by atoms with Crippen molar-refractivity contribution in [3.05, 3.63) is 41.4 Å². The van der Waals surface area contributed by atoms with E-state index in [4.69, 9.17) is 4.74 Å². The maximum Gasteiger partial charge on any atom is 0.317 e. The number of carbonyl (C=O) groups is 1. The molecule has 6 nitrogen and oxygen atoms in total. The summed E-state index contributed by atoms with van der Waals surface area (Å²) in [6.07, 6.45) is 1.98. The van der Waals surface area contributed by atoms with E-state index in [9.17, 15) is 4.79 Å². The van der Waals surface area contributed by atoms with E-state index in [0.717, 1.165) is 29.5 Å². The van der Waals surface area contributed by atoms with E-state index in [1.54, 1.807) is 11.3 Å². The molecule has 1 saturated heterocycles. The molecule has 1 N–H and O–H groups in total. The van der Waals surface area contributed by atoms with Crippen molar-refractivity contribution in [2.24, 2.45) is 0 Å². The molecule has 0 aliphatic carbocycles. The Labute approximate surface area is 152 Å². The first-order chi connectivity index (χ1) is 12.1. The summed E-state index contributed by atoms with van der Waals surface area (Å²) in [4.78, 5) is 20.7. The van der Waals surface area contributed by atoms with Gasteiger partial charge in [0.2, 0.25) is 0 Å². The topological polar surface area (TPSA) is 57.7 Å². The standard InChI is InChI=1S/C18H24N4O2S/c1-14(2)24-16-5-3-15(4-6-16)13-20-17(23)21-8-10-22(11-9-21)18-19-7-12-25-18/h3-7,12,14H,8-11,13H2,1-2H3,(H,20,23). The summed E-state index contributed by atoms with van der Waals surface area (Å²) in [6.45, 7) is 7.60. The average molecular weight is 360 g/mol. The maximum absolute atomic E-state index is 12.3. The molecule has 134 valence electrons. The fourth-order valence-corrected chi connectivity index (χ4v) is 3.42. The molecular formula is C18H24N4O2S. The van der Waals surface area contributed by atoms with Crippen molar-refractivity contribution in [2.75, 3.05) is 31.1 Å². The summed E-state index contributed by atoms with van der Waals surface area (Å²) in [6, 6.07) is 7.83. The maximum atomic E-state index is 12.3. The molecule has 0 bridgehead atoms.